The monoisotopic (exact) mass is 1040 g/mol. The van der Waals surface area contributed by atoms with E-state index in [2.05, 4.69) is 53.5 Å². The van der Waals surface area contributed by atoms with Crippen LogP contribution in [0.5, 0.6) is 0 Å². The number of hydrogen-bond donors (Lipinski definition) is 7. The van der Waals surface area contributed by atoms with Gasteiger partial charge in [-0.05, 0) is 6.92 Å². The second-order valence-electron chi connectivity index (χ2n) is 12.2. The molecule has 12 unspecified atom stereocenters. The molecule has 368 valence electrons. The largest absolute Gasteiger partial charge is 0.790 e. The number of phosphoric acid groups is 6. The van der Waals surface area contributed by atoms with Gasteiger partial charge in [0.1, 0.15) is 48.8 Å². The van der Waals surface area contributed by atoms with Gasteiger partial charge in [-0.15, -0.1) is 0 Å². The second-order valence-corrected chi connectivity index (χ2v) is 20.7. The van der Waals surface area contributed by atoms with Gasteiger partial charge in [0.05, 0.1) is 34.4 Å². The molecular weight excluding hydrogens is 1010 g/mol. The molecule has 8 N–H and O–H groups in total. The maximum absolute atomic E-state index is 12.1. The predicted molar refractivity (Wildman–Crippen MR) is 189 cm³/mol. The molecule has 2 fully saturated rings. The van der Waals surface area contributed by atoms with Gasteiger partial charge in [-0.3, -0.25) is 41.8 Å². The first-order chi connectivity index (χ1) is 28.5. The quantitative estimate of drug-likeness (QED) is 0.0713. The minimum Gasteiger partial charge on any atom is -0.790 e. The Morgan fingerprint density at radius 3 is 1.66 bits per heavy atom. The van der Waals surface area contributed by atoms with E-state index in [0.717, 1.165) is 6.20 Å². The van der Waals surface area contributed by atoms with Crippen LogP contribution in [0.3, 0.4) is 0 Å². The van der Waals surface area contributed by atoms with Gasteiger partial charge in [0.2, 0.25) is 17.8 Å². The van der Waals surface area contributed by atoms with Gasteiger partial charge in [0.25, 0.3) is 36.9 Å². The number of nitrogens with zero attached hydrogens (tertiary/aromatic N) is 3. The highest BCUT2D eigenvalue weighted by Crippen LogP contribution is 2.61. The van der Waals surface area contributed by atoms with Crippen molar-refractivity contribution in [2.75, 3.05) is 18.9 Å². The van der Waals surface area contributed by atoms with E-state index >= 15 is 0 Å². The molecule has 2 saturated heterocycles. The summed E-state index contributed by atoms with van der Waals surface area (Å²) in [4.78, 5) is 117. The van der Waals surface area contributed by atoms with E-state index in [0.29, 0.717) is 0 Å². The first-order valence-electron chi connectivity index (χ1n) is 16.4. The number of aliphatic imine (C=N–C) groups is 1. The zero-order chi connectivity index (χ0) is 48.3. The molecule has 0 saturated carbocycles. The van der Waals surface area contributed by atoms with Gasteiger partial charge in [0.15, 0.2) is 0 Å². The number of aryl methyl sites for hydroxylation is 1. The number of ether oxygens (including phenoxy) is 2. The molecule has 1 aromatic heterocycles. The average Bonchev–Trinajstić information content (AvgIpc) is 3.52. The Balaban J connectivity index is 0.000000434. The standard InChI is InChI=1S/C12H20N3O14P3.C11H20N3O14P3.CH4/c1-5-7(3-13-12(14-5)15-6(2)16)11-10(18)9(17)8(27-11)4-26-31(22,23)29-32(24,25)28-30(19,20)21;1-2-14-3-5(10(17)13-11(14)12)9-8(16)7(15)6(26-9)4-25-30(21,22)28-31(23,24)27-29(18,19)20;/h3,8-11,17-18H,1,4H2,2H3,(H,22,23)(H,24,25)(H2,19,20,21)(H2,13,14,15,16);3,6-9,15-16H,2,4H2,1H3,(H,21,22)(H,23,24)(H2,12,13,17)(H2,18,19,20);1H4/p-8. The molecule has 12 atom stereocenters. The third-order valence-electron chi connectivity index (χ3n) is 7.57. The van der Waals surface area contributed by atoms with E-state index in [1.54, 1.807) is 6.92 Å². The maximum atomic E-state index is 12.1. The van der Waals surface area contributed by atoms with Gasteiger partial charge in [-0.2, -0.15) is 4.98 Å². The van der Waals surface area contributed by atoms with Gasteiger partial charge in [0, 0.05) is 37.1 Å². The van der Waals surface area contributed by atoms with E-state index < -0.39 is 120 Å². The SMILES string of the molecule is C.C=C1NC(NC(C)=O)=NC=C1C1OC(COP(=O)([O-])OP(=O)([O-])OP(=O)([O-])[O-])C(O)C1O.CCn1cc(C2OC(COP(=O)([O-])OP(=O)([O-])OP(=O)([O-])[O-])C(O)C2O)c(=O)nc1N. The van der Waals surface area contributed by atoms with Crippen molar-refractivity contribution in [1.82, 2.24) is 20.2 Å². The second kappa shape index (κ2) is 22.2. The molecule has 0 spiro atoms. The minimum absolute atomic E-state index is 0. The van der Waals surface area contributed by atoms with Crippen LogP contribution in [0.15, 0.2) is 40.0 Å². The number of phosphoric ester groups is 2. The predicted octanol–water partition coefficient (Wildman–Crippen LogP) is -7.76. The number of carbonyl (C=O) groups is 1. The Kier molecular flexibility index (Phi) is 20.0. The summed E-state index contributed by atoms with van der Waals surface area (Å²) < 4.78 is 99.1. The fourth-order valence-corrected chi connectivity index (χ4v) is 10.8. The number of carbonyl (C=O) groups excluding carboxylic acids is 1. The third kappa shape index (κ3) is 17.4. The van der Waals surface area contributed by atoms with Crippen molar-refractivity contribution in [3.63, 3.8) is 0 Å². The highest BCUT2D eigenvalue weighted by atomic mass is 31.3. The molecule has 1 amide bonds. The molecular formula is C24H36N6O28P6-8. The minimum atomic E-state index is -6.16. The maximum Gasteiger partial charge on any atom is 0.280 e. The first-order valence-corrected chi connectivity index (χ1v) is 25.2. The number of aromatic nitrogens is 2. The molecule has 0 aliphatic carbocycles. The topological polar surface area (TPSA) is 556 Å². The molecule has 3 aliphatic heterocycles. The van der Waals surface area contributed by atoms with Crippen LogP contribution in [0.25, 0.3) is 0 Å². The summed E-state index contributed by atoms with van der Waals surface area (Å²) in [7, 11) is -36.2. The van der Waals surface area contributed by atoms with Gasteiger partial charge in [-0.25, -0.2) is 13.6 Å². The summed E-state index contributed by atoms with van der Waals surface area (Å²) in [6.07, 6.45) is -10.5. The molecule has 4 rings (SSSR count). The first kappa shape index (κ1) is 57.8. The molecule has 0 aromatic carbocycles. The number of hydrogen-bond acceptors (Lipinski definition) is 32. The van der Waals surface area contributed by atoms with Crippen LogP contribution in [0.1, 0.15) is 32.9 Å². The molecule has 4 heterocycles. The Labute approximate surface area is 358 Å². The van der Waals surface area contributed by atoms with Crippen LogP contribution in [0.2, 0.25) is 0 Å². The Bertz CT molecular complexity index is 2300. The molecule has 34 nitrogen and oxygen atoms in total. The lowest BCUT2D eigenvalue weighted by molar-refractivity contribution is -0.342. The van der Waals surface area contributed by atoms with E-state index in [1.807, 2.05) is 0 Å². The number of rotatable bonds is 17. The third-order valence-corrected chi connectivity index (χ3v) is 14.9. The number of nitrogens with one attached hydrogen (secondary N) is 2. The fourth-order valence-electron chi connectivity index (χ4n) is 5.09. The Morgan fingerprint density at radius 1 is 0.812 bits per heavy atom. The highest BCUT2D eigenvalue weighted by Gasteiger charge is 2.47. The number of nitrogen functional groups attached to an aromatic ring is 1. The van der Waals surface area contributed by atoms with Gasteiger partial charge < -0.3 is 103 Å². The summed E-state index contributed by atoms with van der Waals surface area (Å²) in [5, 5.41) is 45.4. The summed E-state index contributed by atoms with van der Waals surface area (Å²) in [6.45, 7) is 4.62. The van der Waals surface area contributed by atoms with Crippen LogP contribution in [-0.4, -0.2) is 97.8 Å². The zero-order valence-corrected chi connectivity index (χ0v) is 36.7. The van der Waals surface area contributed by atoms with Crippen LogP contribution in [0.4, 0.5) is 5.95 Å². The van der Waals surface area contributed by atoms with E-state index in [9.17, 15) is 96.6 Å². The summed E-state index contributed by atoms with van der Waals surface area (Å²) in [5.74, 6) is -0.538. The number of aliphatic hydroxyl groups is 4. The van der Waals surface area contributed by atoms with Crippen LogP contribution in [0, 0.1) is 0 Å². The Hall–Kier alpha value is -2.32. The lowest BCUT2D eigenvalue weighted by Crippen LogP contribution is -2.43. The van der Waals surface area contributed by atoms with Crippen molar-refractivity contribution < 1.29 is 128 Å². The van der Waals surface area contributed by atoms with E-state index in [1.165, 1.54) is 17.7 Å². The van der Waals surface area contributed by atoms with Crippen molar-refractivity contribution in [1.29, 1.82) is 0 Å². The Morgan fingerprint density at radius 2 is 1.25 bits per heavy atom. The summed E-state index contributed by atoms with van der Waals surface area (Å²) in [6, 6.07) is 0. The molecule has 3 aliphatic rings. The van der Waals surface area contributed by atoms with Crippen molar-refractivity contribution >= 4 is 64.8 Å². The summed E-state index contributed by atoms with van der Waals surface area (Å²) in [5.41, 5.74) is 4.69. The van der Waals surface area contributed by atoms with Crippen LogP contribution < -0.4 is 61.1 Å². The molecule has 64 heavy (non-hydrogen) atoms. The van der Waals surface area contributed by atoms with Crippen molar-refractivity contribution in [3.05, 3.63) is 46.2 Å². The lowest BCUT2D eigenvalue weighted by atomic mass is 10.00. The van der Waals surface area contributed by atoms with Gasteiger partial charge in [-0.1, -0.05) is 14.0 Å². The van der Waals surface area contributed by atoms with E-state index in [4.69, 9.17) is 15.2 Å². The molecule has 1 aromatic rings. The van der Waals surface area contributed by atoms with Crippen LogP contribution >= 0.6 is 46.9 Å². The summed E-state index contributed by atoms with van der Waals surface area (Å²) >= 11 is 0. The highest BCUT2D eigenvalue weighted by molar-refractivity contribution is 7.65. The smallest absolute Gasteiger partial charge is 0.280 e. The molecule has 40 heteroatoms. The van der Waals surface area contributed by atoms with Crippen LogP contribution in [-0.2, 0) is 74.5 Å². The molecule has 0 radical (unpaired) electrons. The lowest BCUT2D eigenvalue weighted by Gasteiger charge is -2.37. The van der Waals surface area contributed by atoms with Crippen molar-refractivity contribution in [2.45, 2.75) is 76.7 Å². The normalized spacial score (nSPS) is 28.6. The average molecular weight is 1040 g/mol. The fraction of sp³-hybridized carbons (Fsp3) is 0.583. The van der Waals surface area contributed by atoms with Gasteiger partial charge >= 0.3 is 0 Å². The molecule has 0 bridgehead atoms. The number of aliphatic hydroxyl groups excluding tert-OH is 4. The number of anilines is 1. The van der Waals surface area contributed by atoms with E-state index in [-0.39, 0.29) is 42.7 Å². The number of nitrogens with two attached hydrogens (primary N) is 1. The number of amides is 1. The van der Waals surface area contributed by atoms with Crippen molar-refractivity contribution in [3.8, 4) is 0 Å². The number of guanidine groups is 1. The van der Waals surface area contributed by atoms with Crippen molar-refractivity contribution in [2.24, 2.45) is 4.99 Å². The zero-order valence-electron chi connectivity index (χ0n) is 31.3.